The first-order chi connectivity index (χ1) is 2.56. The third kappa shape index (κ3) is 4.12. The predicted octanol–water partition coefficient (Wildman–Crippen LogP) is 0.433. The normalized spacial score (nSPS) is 10.5. The molecule has 36 valence electrons. The summed E-state index contributed by atoms with van der Waals surface area (Å²) in [7, 11) is 0. The van der Waals surface area contributed by atoms with Crippen LogP contribution in [0.25, 0.3) is 0 Å². The summed E-state index contributed by atoms with van der Waals surface area (Å²) >= 11 is -6.58. The van der Waals surface area contributed by atoms with Crippen molar-refractivity contribution in [2.45, 2.75) is 0 Å². The topological polar surface area (TPSA) is 31.2 Å². The Balaban J connectivity index is 4.21. The summed E-state index contributed by atoms with van der Waals surface area (Å²) in [5.74, 6) is 0. The van der Waals surface area contributed by atoms with Crippen LogP contribution in [0.1, 0.15) is 0 Å². The van der Waals surface area contributed by atoms with Gasteiger partial charge >= 0.3 is 36.7 Å². The average Bonchev–Trinajstić information content (AvgIpc) is 1.35. The molecule has 0 radical (unpaired) electrons. The van der Waals surface area contributed by atoms with Crippen LogP contribution in [0.15, 0.2) is 0 Å². The summed E-state index contributed by atoms with van der Waals surface area (Å²) in [4.78, 5) is 8.54. The molecule has 0 atom stereocenters. The number of halogens is 3. The molecule has 6 heteroatoms. The van der Waals surface area contributed by atoms with Crippen LogP contribution < -0.4 is 2.95 Å². The van der Waals surface area contributed by atoms with Crippen molar-refractivity contribution >= 4 is 20.4 Å². The van der Waals surface area contributed by atoms with E-state index in [0.717, 1.165) is 2.95 Å². The van der Waals surface area contributed by atoms with Gasteiger partial charge in [0.15, 0.2) is 0 Å². The molecule has 0 N–H and O–H groups in total. The first-order valence-corrected chi connectivity index (χ1v) is 4.93. The molecule has 0 aliphatic rings. The fraction of sp³-hybridized carbons (Fsp3) is 0. The van der Waals surface area contributed by atoms with Gasteiger partial charge in [-0.3, -0.25) is 0 Å². The second kappa shape index (κ2) is 1.71. The number of nitrogens with zero attached hydrogens (tertiary/aromatic N) is 1. The van der Waals surface area contributed by atoms with E-state index in [2.05, 4.69) is 0 Å². The molecule has 6 heavy (non-hydrogen) atoms. The van der Waals surface area contributed by atoms with Crippen molar-refractivity contribution in [1.29, 1.82) is 0 Å². The molecule has 0 amide bonds. The number of hydrogen-bond acceptors (Lipinski definition) is 1. The summed E-state index contributed by atoms with van der Waals surface area (Å²) < 4.78 is 32.5. The molecule has 0 aliphatic heterocycles. The second-order valence-electron chi connectivity index (χ2n) is 0.500. The van der Waals surface area contributed by atoms with Crippen molar-refractivity contribution in [3.8, 4) is 0 Å². The molecular weight excluding hydrogens is 209 g/mol. The van der Waals surface area contributed by atoms with E-state index in [1.165, 1.54) is 0 Å². The van der Waals surface area contributed by atoms with Crippen LogP contribution in [-0.4, -0.2) is 20.4 Å². The van der Waals surface area contributed by atoms with Crippen LogP contribution in [0.5, 0.6) is 0 Å². The molecular formula is F3NOSb+. The zero-order chi connectivity index (χ0) is 5.21. The van der Waals surface area contributed by atoms with Crippen molar-refractivity contribution in [3.05, 3.63) is 4.91 Å². The first kappa shape index (κ1) is 6.12. The summed E-state index contributed by atoms with van der Waals surface area (Å²) in [6, 6.07) is 0. The molecule has 0 heterocycles. The Morgan fingerprint density at radius 3 is 1.50 bits per heavy atom. The van der Waals surface area contributed by atoms with Crippen LogP contribution in [-0.2, 0) is 0 Å². The van der Waals surface area contributed by atoms with Gasteiger partial charge in [0.1, 0.15) is 0 Å². The molecule has 0 aromatic carbocycles. The standard InChI is InChI=1S/3FH.NO.Sb/c;;;1-2;/h3*1H;;/q;;;-1;+5/p-3. The minimum absolute atomic E-state index is 0.971. The molecule has 0 fully saturated rings. The van der Waals surface area contributed by atoms with Gasteiger partial charge in [0.2, 0.25) is 0 Å². The summed E-state index contributed by atoms with van der Waals surface area (Å²) in [6.07, 6.45) is 0. The van der Waals surface area contributed by atoms with Crippen LogP contribution in [0.4, 0.5) is 8.44 Å². The molecule has 0 unspecified atom stereocenters. The molecule has 0 aromatic rings. The van der Waals surface area contributed by atoms with Crippen LogP contribution >= 0.6 is 0 Å². The molecule has 0 bridgehead atoms. The Morgan fingerprint density at radius 2 is 1.50 bits per heavy atom. The summed E-state index contributed by atoms with van der Waals surface area (Å²) in [6.45, 7) is 0. The molecule has 0 rings (SSSR count). The molecule has 0 aliphatic carbocycles. The van der Waals surface area contributed by atoms with E-state index in [9.17, 15) is 8.44 Å². The Morgan fingerprint density at radius 1 is 1.33 bits per heavy atom. The van der Waals surface area contributed by atoms with Gasteiger partial charge in [0, 0.05) is 0 Å². The first-order valence-electron chi connectivity index (χ1n) is 0.890. The van der Waals surface area contributed by atoms with Crippen molar-refractivity contribution in [3.63, 3.8) is 0 Å². The third-order valence-electron chi connectivity index (χ3n) is 0.0926. The number of hydrogen-bond donors (Lipinski definition) is 0. The zero-order valence-electron chi connectivity index (χ0n) is 2.44. The van der Waals surface area contributed by atoms with E-state index in [-0.39, 0.29) is 0 Å². The second-order valence-corrected chi connectivity index (χ2v) is 3.35. The monoisotopic (exact) mass is 208 g/mol. The van der Waals surface area contributed by atoms with E-state index in [4.69, 9.17) is 4.91 Å². The van der Waals surface area contributed by atoms with E-state index < -0.39 is 20.4 Å². The number of nitroso groups, excluding NO2 is 1. The zero-order valence-corrected chi connectivity index (χ0v) is 4.99. The summed E-state index contributed by atoms with van der Waals surface area (Å²) in [5.41, 5.74) is 0. The molecule has 2 nitrogen and oxygen atoms in total. The van der Waals surface area contributed by atoms with Gasteiger partial charge < -0.3 is 0 Å². The average molecular weight is 209 g/mol. The maximum absolute atomic E-state index is 10.5. The Labute approximate surface area is 37.2 Å². The van der Waals surface area contributed by atoms with Gasteiger partial charge in [-0.15, -0.1) is 0 Å². The quantitative estimate of drug-likeness (QED) is 0.420. The maximum atomic E-state index is 10.5. The molecule has 0 spiro atoms. The predicted molar refractivity (Wildman–Crippen MR) is 14.6 cm³/mol. The molecule has 0 saturated carbocycles. The van der Waals surface area contributed by atoms with Gasteiger partial charge in [-0.05, 0) is 0 Å². The molecule has 0 saturated heterocycles. The Bertz CT molecular complexity index is 99.7. The third-order valence-corrected chi connectivity index (χ3v) is 0.621. The Kier molecular flexibility index (Phi) is 1.75. The van der Waals surface area contributed by atoms with Crippen molar-refractivity contribution in [2.75, 3.05) is 0 Å². The van der Waals surface area contributed by atoms with Crippen LogP contribution in [0.3, 0.4) is 0 Å². The fourth-order valence-corrected chi connectivity index (χ4v) is 0. The summed E-state index contributed by atoms with van der Waals surface area (Å²) in [5, 5.41) is 0. The fourth-order valence-electron chi connectivity index (χ4n) is 0. The molecule has 0 aromatic heterocycles. The van der Waals surface area contributed by atoms with E-state index in [1.54, 1.807) is 0 Å². The van der Waals surface area contributed by atoms with E-state index in [1.807, 2.05) is 0 Å². The number of rotatable bonds is 0. The van der Waals surface area contributed by atoms with Crippen molar-refractivity contribution in [2.24, 2.45) is 0 Å². The van der Waals surface area contributed by atoms with E-state index >= 15 is 0 Å². The van der Waals surface area contributed by atoms with Crippen molar-refractivity contribution < 1.29 is 8.44 Å². The van der Waals surface area contributed by atoms with Crippen LogP contribution in [0, 0.1) is 4.91 Å². The Hall–Kier alpha value is 0.118. The van der Waals surface area contributed by atoms with E-state index in [0.29, 0.717) is 0 Å². The van der Waals surface area contributed by atoms with Gasteiger partial charge in [-0.2, -0.15) is 0 Å². The van der Waals surface area contributed by atoms with Gasteiger partial charge in [-0.25, -0.2) is 0 Å². The van der Waals surface area contributed by atoms with Gasteiger partial charge in [-0.1, -0.05) is 0 Å². The van der Waals surface area contributed by atoms with Gasteiger partial charge in [0.25, 0.3) is 0 Å². The van der Waals surface area contributed by atoms with Gasteiger partial charge in [0.05, 0.1) is 0 Å². The van der Waals surface area contributed by atoms with Crippen molar-refractivity contribution in [1.82, 2.24) is 2.95 Å². The minimum atomic E-state index is -6.58. The SMILES string of the molecule is O=[N+]=[Sb]([F])([F])[F]. The van der Waals surface area contributed by atoms with Crippen LogP contribution in [0.2, 0.25) is 0 Å².